The van der Waals surface area contributed by atoms with Gasteiger partial charge in [0.05, 0.1) is 16.7 Å². The molecule has 1 aliphatic heterocycles. The van der Waals surface area contributed by atoms with E-state index in [1.54, 1.807) is 17.2 Å². The van der Waals surface area contributed by atoms with Crippen molar-refractivity contribution in [3.05, 3.63) is 119 Å². The number of aromatic nitrogens is 2. The van der Waals surface area contributed by atoms with Gasteiger partial charge in [-0.3, -0.25) is 4.57 Å². The lowest BCUT2D eigenvalue weighted by Crippen LogP contribution is -2.30. The molecule has 2 aromatic heterocycles. The lowest BCUT2D eigenvalue weighted by molar-refractivity contribution is 0.440. The Balaban J connectivity index is 1.42. The Labute approximate surface area is 223 Å². The number of fused-ring (bicyclic) bond motifs is 3. The van der Waals surface area contributed by atoms with E-state index < -0.39 is 9.84 Å². The zero-order chi connectivity index (χ0) is 25.6. The average molecular weight is 572 g/mol. The van der Waals surface area contributed by atoms with Crippen molar-refractivity contribution in [3.63, 3.8) is 0 Å². The van der Waals surface area contributed by atoms with Gasteiger partial charge in [-0.2, -0.15) is 0 Å². The van der Waals surface area contributed by atoms with Gasteiger partial charge in [-0.25, -0.2) is 13.4 Å². The molecule has 0 atom stereocenters. The van der Waals surface area contributed by atoms with Crippen LogP contribution >= 0.6 is 15.9 Å². The number of nitrogens with zero attached hydrogens (tertiary/aromatic N) is 3. The van der Waals surface area contributed by atoms with Crippen molar-refractivity contribution in [2.24, 2.45) is 0 Å². The van der Waals surface area contributed by atoms with Crippen molar-refractivity contribution in [3.8, 4) is 11.6 Å². The van der Waals surface area contributed by atoms with Crippen LogP contribution in [0.25, 0.3) is 27.6 Å². The fourth-order valence-corrected chi connectivity index (χ4v) is 6.08. The predicted molar refractivity (Wildman–Crippen MR) is 152 cm³/mol. The molecule has 0 unspecified atom stereocenters. The molecule has 0 spiro atoms. The van der Waals surface area contributed by atoms with Crippen molar-refractivity contribution in [1.29, 1.82) is 0 Å². The molecule has 1 aliphatic rings. The highest BCUT2D eigenvalue weighted by Crippen LogP contribution is 2.36. The molecular weight excluding hydrogens is 550 g/mol. The van der Waals surface area contributed by atoms with E-state index in [4.69, 9.17) is 4.74 Å². The number of halogens is 1. The Morgan fingerprint density at radius 1 is 0.892 bits per heavy atom. The highest BCUT2D eigenvalue weighted by Gasteiger charge is 2.26. The molecule has 0 amide bonds. The maximum absolute atomic E-state index is 12.7. The molecule has 0 bridgehead atoms. The van der Waals surface area contributed by atoms with Crippen LogP contribution in [-0.4, -0.2) is 30.8 Å². The number of pyridine rings is 1. The summed E-state index contributed by atoms with van der Waals surface area (Å²) in [6.07, 6.45) is 6.45. The standard InChI is InChI=1S/C29H22BrN3O3S/c1-37(34,35)29-19-21(15-17-32(29)26-11-5-3-9-24(26)30)36-20-13-14-23-22-8-2-4-10-25(22)33(27(23)18-20)28-12-6-7-16-31-28/h2-16,18-19H,17H2,1H3. The Morgan fingerprint density at radius 2 is 1.65 bits per heavy atom. The maximum Gasteiger partial charge on any atom is 0.191 e. The summed E-state index contributed by atoms with van der Waals surface area (Å²) in [6.45, 7) is 0.354. The van der Waals surface area contributed by atoms with Gasteiger partial charge in [0.2, 0.25) is 0 Å². The molecule has 6 nitrogen and oxygen atoms in total. The summed E-state index contributed by atoms with van der Waals surface area (Å²) < 4.78 is 34.6. The number of ether oxygens (including phenoxy) is 1. The summed E-state index contributed by atoms with van der Waals surface area (Å²) >= 11 is 3.54. The third-order valence-electron chi connectivity index (χ3n) is 6.29. The van der Waals surface area contributed by atoms with Crippen molar-refractivity contribution in [2.75, 3.05) is 17.7 Å². The Hall–Kier alpha value is -3.88. The average Bonchev–Trinajstić information content (AvgIpc) is 3.23. The molecule has 8 heteroatoms. The minimum atomic E-state index is -3.53. The molecule has 0 fully saturated rings. The van der Waals surface area contributed by atoms with E-state index in [1.165, 1.54) is 6.26 Å². The summed E-state index contributed by atoms with van der Waals surface area (Å²) in [7, 11) is -3.53. The van der Waals surface area contributed by atoms with E-state index >= 15 is 0 Å². The molecule has 184 valence electrons. The zero-order valence-corrected chi connectivity index (χ0v) is 22.3. The van der Waals surface area contributed by atoms with Crippen LogP contribution in [0.1, 0.15) is 0 Å². The number of benzene rings is 3. The number of para-hydroxylation sites is 2. The second-order valence-corrected chi connectivity index (χ2v) is 11.6. The smallest absolute Gasteiger partial charge is 0.191 e. The van der Waals surface area contributed by atoms with Crippen molar-refractivity contribution in [1.82, 2.24) is 9.55 Å². The summed E-state index contributed by atoms with van der Waals surface area (Å²) in [6, 6.07) is 27.5. The van der Waals surface area contributed by atoms with Gasteiger partial charge in [-0.15, -0.1) is 0 Å². The molecule has 0 radical (unpaired) electrons. The van der Waals surface area contributed by atoms with Crippen LogP contribution in [-0.2, 0) is 9.84 Å². The van der Waals surface area contributed by atoms with Gasteiger partial charge < -0.3 is 9.64 Å². The summed E-state index contributed by atoms with van der Waals surface area (Å²) in [5, 5.41) is 2.38. The van der Waals surface area contributed by atoms with Crippen LogP contribution in [0, 0.1) is 0 Å². The number of rotatable bonds is 5. The van der Waals surface area contributed by atoms with Gasteiger partial charge in [-0.05, 0) is 64.5 Å². The van der Waals surface area contributed by atoms with Crippen LogP contribution in [0.3, 0.4) is 0 Å². The van der Waals surface area contributed by atoms with Gasteiger partial charge in [-0.1, -0.05) is 36.4 Å². The van der Waals surface area contributed by atoms with E-state index in [0.29, 0.717) is 18.1 Å². The first-order valence-corrected chi connectivity index (χ1v) is 14.3. The number of allylic oxidation sites excluding steroid dienone is 1. The quantitative estimate of drug-likeness (QED) is 0.237. The van der Waals surface area contributed by atoms with Crippen molar-refractivity contribution in [2.45, 2.75) is 0 Å². The van der Waals surface area contributed by atoms with E-state index in [0.717, 1.165) is 37.8 Å². The molecule has 5 aromatic rings. The molecule has 0 saturated carbocycles. The zero-order valence-electron chi connectivity index (χ0n) is 19.9. The molecule has 0 aliphatic carbocycles. The maximum atomic E-state index is 12.7. The lowest BCUT2D eigenvalue weighted by Gasteiger charge is -2.29. The van der Waals surface area contributed by atoms with Crippen LogP contribution in [0.2, 0.25) is 0 Å². The molecular formula is C29H22BrN3O3S. The second-order valence-electron chi connectivity index (χ2n) is 8.74. The van der Waals surface area contributed by atoms with Gasteiger partial charge in [0.1, 0.15) is 22.4 Å². The minimum absolute atomic E-state index is 0.181. The van der Waals surface area contributed by atoms with Crippen LogP contribution in [0.4, 0.5) is 5.69 Å². The monoisotopic (exact) mass is 571 g/mol. The molecule has 0 saturated heterocycles. The van der Waals surface area contributed by atoms with Crippen molar-refractivity contribution < 1.29 is 13.2 Å². The fourth-order valence-electron chi connectivity index (χ4n) is 4.68. The largest absolute Gasteiger partial charge is 0.457 e. The highest BCUT2D eigenvalue weighted by molar-refractivity contribution is 9.10. The van der Waals surface area contributed by atoms with E-state index in [2.05, 4.69) is 37.6 Å². The Bertz CT molecular complexity index is 1830. The number of hydrogen-bond acceptors (Lipinski definition) is 5. The number of hydrogen-bond donors (Lipinski definition) is 0. The van der Waals surface area contributed by atoms with E-state index in [1.807, 2.05) is 78.9 Å². The fraction of sp³-hybridized carbons (Fsp3) is 0.0690. The van der Waals surface area contributed by atoms with Crippen LogP contribution in [0.15, 0.2) is 119 Å². The van der Waals surface area contributed by atoms with Crippen molar-refractivity contribution >= 4 is 53.3 Å². The molecule has 3 aromatic carbocycles. The normalized spacial score (nSPS) is 14.1. The minimum Gasteiger partial charge on any atom is -0.457 e. The van der Waals surface area contributed by atoms with E-state index in [-0.39, 0.29) is 5.03 Å². The van der Waals surface area contributed by atoms with Gasteiger partial charge in [0.15, 0.2) is 9.84 Å². The van der Waals surface area contributed by atoms with Crippen LogP contribution < -0.4 is 9.64 Å². The summed E-state index contributed by atoms with van der Waals surface area (Å²) in [4.78, 5) is 6.33. The Kier molecular flexibility index (Phi) is 5.85. The third-order valence-corrected chi connectivity index (χ3v) is 8.06. The number of anilines is 1. The molecule has 3 heterocycles. The highest BCUT2D eigenvalue weighted by atomic mass is 79.9. The van der Waals surface area contributed by atoms with Gasteiger partial charge >= 0.3 is 0 Å². The lowest BCUT2D eigenvalue weighted by atomic mass is 10.1. The molecule has 0 N–H and O–H groups in total. The summed E-state index contributed by atoms with van der Waals surface area (Å²) in [5.41, 5.74) is 2.78. The second kappa shape index (κ2) is 9.21. The van der Waals surface area contributed by atoms with Gasteiger partial charge in [0, 0.05) is 46.4 Å². The number of sulfone groups is 1. The van der Waals surface area contributed by atoms with Gasteiger partial charge in [0.25, 0.3) is 0 Å². The first-order valence-electron chi connectivity index (χ1n) is 11.7. The first kappa shape index (κ1) is 23.5. The van der Waals surface area contributed by atoms with E-state index in [9.17, 15) is 8.42 Å². The first-order chi connectivity index (χ1) is 17.9. The molecule has 6 rings (SSSR count). The Morgan fingerprint density at radius 3 is 2.43 bits per heavy atom. The predicted octanol–water partition coefficient (Wildman–Crippen LogP) is 6.61. The summed E-state index contributed by atoms with van der Waals surface area (Å²) in [5.74, 6) is 1.90. The SMILES string of the molecule is CS(=O)(=O)C1=CC(Oc2ccc3c4ccccc4n(-c4ccccn4)c3c2)=CCN1c1ccccc1Br. The van der Waals surface area contributed by atoms with Crippen LogP contribution in [0.5, 0.6) is 5.75 Å². The topological polar surface area (TPSA) is 64.4 Å². The third kappa shape index (κ3) is 4.32. The molecule has 37 heavy (non-hydrogen) atoms.